The number of hydrogen-bond donors (Lipinski definition) is 1. The largest absolute Gasteiger partial charge is 0.379 e. The highest BCUT2D eigenvalue weighted by atomic mass is 32.2. The molecule has 1 amide bonds. The number of thioether (sulfide) groups is 1. The van der Waals surface area contributed by atoms with Crippen LogP contribution in [0.1, 0.15) is 24.5 Å². The van der Waals surface area contributed by atoms with Crippen molar-refractivity contribution in [1.82, 2.24) is 19.8 Å². The van der Waals surface area contributed by atoms with Gasteiger partial charge in [-0.15, -0.1) is 0 Å². The summed E-state index contributed by atoms with van der Waals surface area (Å²) in [5.74, 6) is 0.416. The molecular weight excluding hydrogens is 372 g/mol. The van der Waals surface area contributed by atoms with E-state index < -0.39 is 0 Å². The van der Waals surface area contributed by atoms with Crippen LogP contribution in [0.3, 0.4) is 0 Å². The first-order valence-corrected chi connectivity index (χ1v) is 10.9. The van der Waals surface area contributed by atoms with Crippen molar-refractivity contribution in [2.45, 2.75) is 38.4 Å². The zero-order valence-electron chi connectivity index (χ0n) is 17.0. The maximum Gasteiger partial charge on any atom is 0.230 e. The lowest BCUT2D eigenvalue weighted by molar-refractivity contribution is -0.119. The van der Waals surface area contributed by atoms with E-state index in [4.69, 9.17) is 4.74 Å². The van der Waals surface area contributed by atoms with Crippen LogP contribution >= 0.6 is 11.8 Å². The molecule has 1 aromatic carbocycles. The van der Waals surface area contributed by atoms with Crippen molar-refractivity contribution >= 4 is 17.7 Å². The Morgan fingerprint density at radius 2 is 2.11 bits per heavy atom. The average Bonchev–Trinajstić information content (AvgIpc) is 3.16. The third-order valence-electron chi connectivity index (χ3n) is 5.16. The topological polar surface area (TPSA) is 59.4 Å². The van der Waals surface area contributed by atoms with Crippen LogP contribution < -0.4 is 5.32 Å². The molecule has 1 aromatic heterocycles. The van der Waals surface area contributed by atoms with Gasteiger partial charge in [0.05, 0.1) is 24.7 Å². The molecule has 0 saturated carbocycles. The van der Waals surface area contributed by atoms with Crippen molar-refractivity contribution in [3.8, 4) is 5.69 Å². The second-order valence-corrected chi connectivity index (χ2v) is 8.24. The van der Waals surface area contributed by atoms with E-state index in [0.29, 0.717) is 5.75 Å². The summed E-state index contributed by atoms with van der Waals surface area (Å²) < 4.78 is 7.43. The summed E-state index contributed by atoms with van der Waals surface area (Å²) in [4.78, 5) is 19.2. The van der Waals surface area contributed by atoms with Gasteiger partial charge in [0.1, 0.15) is 0 Å². The molecule has 0 aliphatic carbocycles. The first kappa shape index (κ1) is 20.9. The minimum absolute atomic E-state index is 0.0509. The fraction of sp³-hybridized carbons (Fsp3) is 0.524. The van der Waals surface area contributed by atoms with E-state index in [9.17, 15) is 4.79 Å². The van der Waals surface area contributed by atoms with Gasteiger partial charge in [-0.1, -0.05) is 23.9 Å². The lowest BCUT2D eigenvalue weighted by Gasteiger charge is -2.27. The minimum Gasteiger partial charge on any atom is -0.379 e. The summed E-state index contributed by atoms with van der Waals surface area (Å²) in [7, 11) is 0. The molecule has 0 radical (unpaired) electrons. The molecule has 2 heterocycles. The monoisotopic (exact) mass is 402 g/mol. The Kier molecular flexibility index (Phi) is 7.53. The maximum atomic E-state index is 12.4. The van der Waals surface area contributed by atoms with Gasteiger partial charge in [-0.05, 0) is 44.4 Å². The number of aryl methyl sites for hydroxylation is 1. The quantitative estimate of drug-likeness (QED) is 0.688. The maximum absolute atomic E-state index is 12.4. The van der Waals surface area contributed by atoms with Crippen molar-refractivity contribution in [2.24, 2.45) is 0 Å². The summed E-state index contributed by atoms with van der Waals surface area (Å²) in [5.41, 5.74) is 3.58. The van der Waals surface area contributed by atoms with Crippen molar-refractivity contribution in [3.05, 3.63) is 41.7 Å². The third kappa shape index (κ3) is 5.59. The summed E-state index contributed by atoms with van der Waals surface area (Å²) in [6.07, 6.45) is 4.69. The number of benzene rings is 1. The van der Waals surface area contributed by atoms with E-state index in [2.05, 4.69) is 58.7 Å². The molecule has 1 aliphatic heterocycles. The summed E-state index contributed by atoms with van der Waals surface area (Å²) in [5, 5.41) is 3.94. The summed E-state index contributed by atoms with van der Waals surface area (Å²) in [6.45, 7) is 10.9. The van der Waals surface area contributed by atoms with E-state index in [0.717, 1.165) is 50.1 Å². The second kappa shape index (κ2) is 10.1. The van der Waals surface area contributed by atoms with Crippen LogP contribution in [0.2, 0.25) is 0 Å². The van der Waals surface area contributed by atoms with Gasteiger partial charge >= 0.3 is 0 Å². The van der Waals surface area contributed by atoms with Crippen LogP contribution in [0.5, 0.6) is 0 Å². The van der Waals surface area contributed by atoms with Crippen molar-refractivity contribution < 1.29 is 9.53 Å². The zero-order chi connectivity index (χ0) is 19.9. The number of nitrogens with zero attached hydrogens (tertiary/aromatic N) is 3. The number of carbonyl (C=O) groups excluding carboxylic acids is 1. The number of ether oxygens (including phenoxy) is 1. The van der Waals surface area contributed by atoms with Crippen molar-refractivity contribution in [1.29, 1.82) is 0 Å². The Morgan fingerprint density at radius 3 is 2.89 bits per heavy atom. The average molecular weight is 403 g/mol. The van der Waals surface area contributed by atoms with Crippen LogP contribution in [0.4, 0.5) is 0 Å². The fourth-order valence-corrected chi connectivity index (χ4v) is 4.07. The number of morpholine rings is 1. The Hall–Kier alpha value is -1.83. The summed E-state index contributed by atoms with van der Waals surface area (Å²) in [6, 6.07) is 6.40. The molecule has 0 spiro atoms. The smallest absolute Gasteiger partial charge is 0.230 e. The number of nitrogens with one attached hydrogen (secondary N) is 1. The highest BCUT2D eigenvalue weighted by Crippen LogP contribution is 2.24. The molecule has 1 N–H and O–H groups in total. The fourth-order valence-electron chi connectivity index (χ4n) is 3.30. The Balaban J connectivity index is 1.48. The van der Waals surface area contributed by atoms with Gasteiger partial charge in [0.15, 0.2) is 5.16 Å². The van der Waals surface area contributed by atoms with E-state index in [1.807, 2.05) is 6.20 Å². The van der Waals surface area contributed by atoms with Gasteiger partial charge in [-0.3, -0.25) is 14.3 Å². The lowest BCUT2D eigenvalue weighted by Crippen LogP contribution is -2.40. The van der Waals surface area contributed by atoms with E-state index in [1.54, 1.807) is 6.20 Å². The van der Waals surface area contributed by atoms with E-state index >= 15 is 0 Å². The van der Waals surface area contributed by atoms with Gasteiger partial charge in [0, 0.05) is 38.1 Å². The second-order valence-electron chi connectivity index (χ2n) is 7.30. The number of amides is 1. The molecular formula is C21H30N4O2S. The number of aromatic nitrogens is 2. The molecule has 6 nitrogen and oxygen atoms in total. The van der Waals surface area contributed by atoms with Crippen LogP contribution in [0, 0.1) is 13.8 Å². The molecule has 3 rings (SSSR count). The SMILES string of the molecule is Cc1cccc(-n2ccnc2SCC(=O)NC(C)CCN2CCOCC2)c1C. The third-order valence-corrected chi connectivity index (χ3v) is 6.13. The number of rotatable bonds is 8. The molecule has 1 unspecified atom stereocenters. The molecule has 7 heteroatoms. The highest BCUT2D eigenvalue weighted by Gasteiger charge is 2.15. The Labute approximate surface area is 171 Å². The molecule has 1 atom stereocenters. The van der Waals surface area contributed by atoms with Gasteiger partial charge in [-0.2, -0.15) is 0 Å². The van der Waals surface area contributed by atoms with Crippen LogP contribution in [-0.4, -0.2) is 65.0 Å². The normalized spacial score (nSPS) is 16.1. The molecule has 1 saturated heterocycles. The predicted octanol–water partition coefficient (Wildman–Crippen LogP) is 2.81. The number of carbonyl (C=O) groups is 1. The van der Waals surface area contributed by atoms with Crippen molar-refractivity contribution in [3.63, 3.8) is 0 Å². The van der Waals surface area contributed by atoms with Gasteiger partial charge in [0.25, 0.3) is 0 Å². The van der Waals surface area contributed by atoms with Crippen LogP contribution in [0.15, 0.2) is 35.7 Å². The minimum atomic E-state index is 0.0509. The lowest BCUT2D eigenvalue weighted by atomic mass is 10.1. The van der Waals surface area contributed by atoms with Gasteiger partial charge < -0.3 is 10.1 Å². The number of imidazole rings is 1. The number of hydrogen-bond acceptors (Lipinski definition) is 5. The zero-order valence-corrected chi connectivity index (χ0v) is 17.8. The predicted molar refractivity (Wildman–Crippen MR) is 113 cm³/mol. The Morgan fingerprint density at radius 1 is 1.32 bits per heavy atom. The highest BCUT2D eigenvalue weighted by molar-refractivity contribution is 7.99. The molecule has 152 valence electrons. The molecule has 1 fully saturated rings. The standard InChI is InChI=1S/C21H30N4O2S/c1-16-5-4-6-19(18(16)3)25-10-8-22-21(25)28-15-20(26)23-17(2)7-9-24-11-13-27-14-12-24/h4-6,8,10,17H,7,9,11-15H2,1-3H3,(H,23,26). The van der Waals surface area contributed by atoms with Crippen LogP contribution in [0.25, 0.3) is 5.69 Å². The molecule has 0 bridgehead atoms. The summed E-state index contributed by atoms with van der Waals surface area (Å²) >= 11 is 1.47. The molecule has 28 heavy (non-hydrogen) atoms. The van der Waals surface area contributed by atoms with Gasteiger partial charge in [0.2, 0.25) is 5.91 Å². The van der Waals surface area contributed by atoms with Crippen LogP contribution in [-0.2, 0) is 9.53 Å². The van der Waals surface area contributed by atoms with E-state index in [-0.39, 0.29) is 11.9 Å². The molecule has 1 aliphatic rings. The van der Waals surface area contributed by atoms with Gasteiger partial charge in [-0.25, -0.2) is 4.98 Å². The van der Waals surface area contributed by atoms with Crippen molar-refractivity contribution in [2.75, 3.05) is 38.6 Å². The van der Waals surface area contributed by atoms with E-state index in [1.165, 1.54) is 22.9 Å². The first-order valence-electron chi connectivity index (χ1n) is 9.87. The molecule has 2 aromatic rings. The first-order chi connectivity index (χ1) is 13.5. The Bertz CT molecular complexity index is 786.